The van der Waals surface area contributed by atoms with Gasteiger partial charge < -0.3 is 5.11 Å². The van der Waals surface area contributed by atoms with Gasteiger partial charge in [0, 0.05) is 0 Å². The molecule has 0 aromatic heterocycles. The zero-order valence-corrected chi connectivity index (χ0v) is 14.0. The van der Waals surface area contributed by atoms with Crippen LogP contribution in [-0.2, 0) is 11.2 Å². The molecule has 1 fully saturated rings. The van der Waals surface area contributed by atoms with E-state index in [1.54, 1.807) is 12.1 Å². The van der Waals surface area contributed by atoms with Gasteiger partial charge in [-0.2, -0.15) is 0 Å². The number of carboxylic acid groups (broad SMARTS) is 1. The van der Waals surface area contributed by atoms with Gasteiger partial charge in [0.15, 0.2) is 0 Å². The normalized spacial score (nSPS) is 25.8. The predicted molar refractivity (Wildman–Crippen MR) is 84.7 cm³/mol. The number of rotatable bonds is 5. The van der Waals surface area contributed by atoms with Crippen LogP contribution in [0.3, 0.4) is 0 Å². The number of aliphatic carboxylic acids is 1. The lowest BCUT2D eigenvalue weighted by molar-refractivity contribution is -0.151. The molecule has 1 aromatic rings. The van der Waals surface area contributed by atoms with E-state index < -0.39 is 11.4 Å². The second-order valence-electron chi connectivity index (χ2n) is 6.24. The minimum absolute atomic E-state index is 0.310. The molecule has 0 radical (unpaired) electrons. The Bertz CT molecular complexity index is 508. The smallest absolute Gasteiger partial charge is 0.309 e. The first kappa shape index (κ1) is 16.5. The van der Waals surface area contributed by atoms with Crippen LogP contribution in [-0.4, -0.2) is 11.1 Å². The average molecular weight is 357 g/mol. The predicted octanol–water partition coefficient (Wildman–Crippen LogP) is 5.19. The van der Waals surface area contributed by atoms with E-state index in [9.17, 15) is 14.3 Å². The molecular formula is C17H22BrFO2. The molecule has 0 amide bonds. The number of hydrogen-bond acceptors (Lipinski definition) is 1. The van der Waals surface area contributed by atoms with E-state index in [1.807, 2.05) is 0 Å². The number of carboxylic acids is 1. The molecule has 2 nitrogen and oxygen atoms in total. The Balaban J connectivity index is 2.12. The van der Waals surface area contributed by atoms with Gasteiger partial charge in [-0.3, -0.25) is 4.79 Å². The van der Waals surface area contributed by atoms with Crippen molar-refractivity contribution in [2.45, 2.75) is 51.9 Å². The zero-order valence-electron chi connectivity index (χ0n) is 12.4. The van der Waals surface area contributed by atoms with Crippen molar-refractivity contribution >= 4 is 21.9 Å². The third-order valence-electron chi connectivity index (χ3n) is 4.74. The first-order valence-electron chi connectivity index (χ1n) is 7.64. The topological polar surface area (TPSA) is 37.3 Å². The van der Waals surface area contributed by atoms with Crippen LogP contribution in [0.5, 0.6) is 0 Å². The molecule has 21 heavy (non-hydrogen) atoms. The summed E-state index contributed by atoms with van der Waals surface area (Å²) in [6.45, 7) is 2.18. The maximum absolute atomic E-state index is 13.3. The molecule has 2 rings (SSSR count). The standard InChI is InChI=1S/C17H22BrFO2/c1-2-3-12-6-8-17(9-7-12,16(20)21)11-13-4-5-15(19)14(18)10-13/h4-5,10,12H,2-3,6-9,11H2,1H3,(H,20,21). The van der Waals surface area contributed by atoms with Gasteiger partial charge in [-0.05, 0) is 71.6 Å². The Hall–Kier alpha value is -0.900. The van der Waals surface area contributed by atoms with Crippen LogP contribution >= 0.6 is 15.9 Å². The minimum atomic E-state index is -0.710. The lowest BCUT2D eigenvalue weighted by atomic mass is 9.67. The highest BCUT2D eigenvalue weighted by Crippen LogP contribution is 2.43. The van der Waals surface area contributed by atoms with E-state index in [-0.39, 0.29) is 5.82 Å². The summed E-state index contributed by atoms with van der Waals surface area (Å²) in [7, 11) is 0. The molecule has 0 bridgehead atoms. The van der Waals surface area contributed by atoms with Crippen LogP contribution in [0.15, 0.2) is 22.7 Å². The van der Waals surface area contributed by atoms with Crippen LogP contribution < -0.4 is 0 Å². The van der Waals surface area contributed by atoms with Crippen LogP contribution in [0.4, 0.5) is 4.39 Å². The largest absolute Gasteiger partial charge is 0.481 e. The SMILES string of the molecule is CCCC1CCC(Cc2ccc(F)c(Br)c2)(C(=O)O)CC1. The van der Waals surface area contributed by atoms with E-state index in [4.69, 9.17) is 0 Å². The van der Waals surface area contributed by atoms with Gasteiger partial charge in [0.1, 0.15) is 5.82 Å². The summed E-state index contributed by atoms with van der Waals surface area (Å²) in [4.78, 5) is 11.8. The molecule has 116 valence electrons. The summed E-state index contributed by atoms with van der Waals surface area (Å²) in [5, 5.41) is 9.70. The number of carbonyl (C=O) groups is 1. The van der Waals surface area contributed by atoms with Crippen LogP contribution in [0, 0.1) is 17.2 Å². The Morgan fingerprint density at radius 3 is 2.62 bits per heavy atom. The lowest BCUT2D eigenvalue weighted by Gasteiger charge is -2.37. The molecule has 0 saturated heterocycles. The molecule has 1 aliphatic carbocycles. The first-order valence-corrected chi connectivity index (χ1v) is 8.43. The molecule has 1 aliphatic rings. The van der Waals surface area contributed by atoms with Crippen molar-refractivity contribution in [3.05, 3.63) is 34.1 Å². The molecule has 0 unspecified atom stereocenters. The summed E-state index contributed by atoms with van der Waals surface area (Å²) >= 11 is 3.17. The molecule has 4 heteroatoms. The highest BCUT2D eigenvalue weighted by atomic mass is 79.9. The molecule has 0 atom stereocenters. The molecule has 1 aromatic carbocycles. The molecule has 1 N–H and O–H groups in total. The average Bonchev–Trinajstić information content (AvgIpc) is 2.45. The Kier molecular flexibility index (Phi) is 5.42. The van der Waals surface area contributed by atoms with E-state index in [0.717, 1.165) is 37.7 Å². The van der Waals surface area contributed by atoms with Crippen molar-refractivity contribution in [2.75, 3.05) is 0 Å². The van der Waals surface area contributed by atoms with Gasteiger partial charge in [-0.15, -0.1) is 0 Å². The second kappa shape index (κ2) is 6.91. The van der Waals surface area contributed by atoms with Crippen molar-refractivity contribution < 1.29 is 14.3 Å². The van der Waals surface area contributed by atoms with E-state index in [1.165, 1.54) is 12.5 Å². The van der Waals surface area contributed by atoms with Crippen molar-refractivity contribution in [2.24, 2.45) is 11.3 Å². The van der Waals surface area contributed by atoms with Crippen molar-refractivity contribution in [3.8, 4) is 0 Å². The minimum Gasteiger partial charge on any atom is -0.481 e. The fourth-order valence-electron chi connectivity index (χ4n) is 3.43. The Morgan fingerprint density at radius 2 is 2.10 bits per heavy atom. The summed E-state index contributed by atoms with van der Waals surface area (Å²) in [6.07, 6.45) is 6.27. The first-order chi connectivity index (χ1) is 9.97. The van der Waals surface area contributed by atoms with Crippen LogP contribution in [0.25, 0.3) is 0 Å². The zero-order chi connectivity index (χ0) is 15.5. The highest BCUT2D eigenvalue weighted by Gasteiger charge is 2.41. The number of benzene rings is 1. The molecule has 0 spiro atoms. The maximum Gasteiger partial charge on any atom is 0.309 e. The fourth-order valence-corrected chi connectivity index (χ4v) is 3.86. The van der Waals surface area contributed by atoms with Crippen LogP contribution in [0.2, 0.25) is 0 Å². The molecule has 1 saturated carbocycles. The molecule has 0 heterocycles. The van der Waals surface area contributed by atoms with Gasteiger partial charge in [-0.1, -0.05) is 25.8 Å². The quantitative estimate of drug-likeness (QED) is 0.787. The van der Waals surface area contributed by atoms with Gasteiger partial charge in [0.2, 0.25) is 0 Å². The van der Waals surface area contributed by atoms with E-state index in [2.05, 4.69) is 22.9 Å². The third-order valence-corrected chi connectivity index (χ3v) is 5.35. The Morgan fingerprint density at radius 1 is 1.43 bits per heavy atom. The van der Waals surface area contributed by atoms with Gasteiger partial charge in [0.25, 0.3) is 0 Å². The Labute approximate surface area is 133 Å². The monoisotopic (exact) mass is 356 g/mol. The third kappa shape index (κ3) is 3.85. The summed E-state index contributed by atoms with van der Waals surface area (Å²) in [5.74, 6) is -0.352. The number of hydrogen-bond donors (Lipinski definition) is 1. The van der Waals surface area contributed by atoms with Crippen molar-refractivity contribution in [1.82, 2.24) is 0 Å². The van der Waals surface area contributed by atoms with Crippen molar-refractivity contribution in [1.29, 1.82) is 0 Å². The number of halogens is 2. The second-order valence-corrected chi connectivity index (χ2v) is 7.10. The summed E-state index contributed by atoms with van der Waals surface area (Å²) in [5.41, 5.74) is 0.209. The van der Waals surface area contributed by atoms with Gasteiger partial charge in [-0.25, -0.2) is 4.39 Å². The van der Waals surface area contributed by atoms with E-state index in [0.29, 0.717) is 16.8 Å². The summed E-state index contributed by atoms with van der Waals surface area (Å²) in [6, 6.07) is 4.80. The molecular weight excluding hydrogens is 335 g/mol. The van der Waals surface area contributed by atoms with Gasteiger partial charge >= 0.3 is 5.97 Å². The lowest BCUT2D eigenvalue weighted by Crippen LogP contribution is -2.37. The fraction of sp³-hybridized carbons (Fsp3) is 0.588. The van der Waals surface area contributed by atoms with Crippen LogP contribution in [0.1, 0.15) is 51.0 Å². The molecule has 0 aliphatic heterocycles. The van der Waals surface area contributed by atoms with Gasteiger partial charge in [0.05, 0.1) is 9.89 Å². The van der Waals surface area contributed by atoms with Crippen molar-refractivity contribution in [3.63, 3.8) is 0 Å². The van der Waals surface area contributed by atoms with E-state index >= 15 is 0 Å². The summed E-state index contributed by atoms with van der Waals surface area (Å²) < 4.78 is 13.7. The maximum atomic E-state index is 13.3. The highest BCUT2D eigenvalue weighted by molar-refractivity contribution is 9.10.